The summed E-state index contributed by atoms with van der Waals surface area (Å²) in [4.78, 5) is 11.0. The molecule has 0 aliphatic carbocycles. The fourth-order valence-electron chi connectivity index (χ4n) is 1.10. The molecule has 0 saturated carbocycles. The van der Waals surface area contributed by atoms with Gasteiger partial charge in [0.1, 0.15) is 0 Å². The van der Waals surface area contributed by atoms with Crippen molar-refractivity contribution in [2.45, 2.75) is 18.8 Å². The van der Waals surface area contributed by atoms with Crippen LogP contribution in [0.4, 0.5) is 0 Å². The van der Waals surface area contributed by atoms with E-state index in [1.807, 2.05) is 0 Å². The van der Waals surface area contributed by atoms with E-state index in [4.69, 9.17) is 14.2 Å². The van der Waals surface area contributed by atoms with Gasteiger partial charge >= 0.3 is 0 Å². The predicted molar refractivity (Wildman–Crippen MR) is 37.2 cm³/mol. The molecule has 0 N–H and O–H groups in total. The molecule has 0 spiro atoms. The molecule has 1 atom stereocenters. The Bertz CT molecular complexity index is 141. The first kappa shape index (κ1) is 8.64. The van der Waals surface area contributed by atoms with E-state index in [2.05, 4.69) is 0 Å². The molecule has 0 aromatic rings. The van der Waals surface area contributed by atoms with E-state index in [9.17, 15) is 4.79 Å². The minimum Gasteiger partial charge on any atom is -0.365 e. The molecule has 1 unspecified atom stereocenters. The van der Waals surface area contributed by atoms with Gasteiger partial charge in [-0.3, -0.25) is 4.79 Å². The maximum Gasteiger partial charge on any atom is 0.190 e. The van der Waals surface area contributed by atoms with Crippen LogP contribution in [0.15, 0.2) is 0 Å². The number of hydrogen-bond acceptors (Lipinski definition) is 4. The van der Waals surface area contributed by atoms with E-state index >= 15 is 0 Å². The molecule has 0 aromatic heterocycles. The largest absolute Gasteiger partial charge is 0.365 e. The highest BCUT2D eigenvalue weighted by Gasteiger charge is 2.33. The molecule has 1 saturated heterocycles. The Kier molecular flexibility index (Phi) is 2.99. The fraction of sp³-hybridized carbons (Fsp3) is 0.857. The topological polar surface area (TPSA) is 44.8 Å². The molecule has 4 heteroatoms. The van der Waals surface area contributed by atoms with Crippen LogP contribution in [0.3, 0.4) is 0 Å². The summed E-state index contributed by atoms with van der Waals surface area (Å²) >= 11 is 0. The zero-order valence-corrected chi connectivity index (χ0v) is 6.70. The highest BCUT2D eigenvalue weighted by Crippen LogP contribution is 2.14. The standard InChI is InChI=1S/C7H12O4/c1-9-7(10-2)6-5(8)3-4-11-6/h6-7H,3-4H2,1-2H3. The van der Waals surface area contributed by atoms with Gasteiger partial charge in [0, 0.05) is 20.6 Å². The average Bonchev–Trinajstić information content (AvgIpc) is 2.40. The van der Waals surface area contributed by atoms with Crippen LogP contribution in [0.1, 0.15) is 6.42 Å². The van der Waals surface area contributed by atoms with Gasteiger partial charge in [-0.1, -0.05) is 0 Å². The second-order valence-electron chi connectivity index (χ2n) is 2.35. The number of methoxy groups -OCH3 is 2. The molecule has 0 bridgehead atoms. The smallest absolute Gasteiger partial charge is 0.190 e. The Hall–Kier alpha value is -0.450. The van der Waals surface area contributed by atoms with Crippen molar-refractivity contribution in [2.24, 2.45) is 0 Å². The lowest BCUT2D eigenvalue weighted by molar-refractivity contribution is -0.173. The summed E-state index contributed by atoms with van der Waals surface area (Å²) in [6, 6.07) is 0. The van der Waals surface area contributed by atoms with Crippen molar-refractivity contribution in [2.75, 3.05) is 20.8 Å². The molecule has 0 amide bonds. The molecule has 64 valence electrons. The first-order valence-electron chi connectivity index (χ1n) is 3.49. The average molecular weight is 160 g/mol. The number of ether oxygens (including phenoxy) is 3. The van der Waals surface area contributed by atoms with Crippen LogP contribution in [0.2, 0.25) is 0 Å². The lowest BCUT2D eigenvalue weighted by atomic mass is 10.2. The summed E-state index contributed by atoms with van der Waals surface area (Å²) < 4.78 is 14.9. The Morgan fingerprint density at radius 2 is 2.18 bits per heavy atom. The van der Waals surface area contributed by atoms with Crippen molar-refractivity contribution < 1.29 is 19.0 Å². The zero-order valence-electron chi connectivity index (χ0n) is 6.70. The second kappa shape index (κ2) is 3.80. The van der Waals surface area contributed by atoms with Crippen molar-refractivity contribution in [1.29, 1.82) is 0 Å². The van der Waals surface area contributed by atoms with Crippen LogP contribution in [0, 0.1) is 0 Å². The zero-order chi connectivity index (χ0) is 8.27. The van der Waals surface area contributed by atoms with E-state index in [0.717, 1.165) is 0 Å². The predicted octanol–water partition coefficient (Wildman–Crippen LogP) is -0.0367. The van der Waals surface area contributed by atoms with Crippen LogP contribution in [-0.4, -0.2) is 39.0 Å². The number of Topliss-reactive ketones (excluding diaryl/α,β-unsaturated/α-hetero) is 1. The van der Waals surface area contributed by atoms with E-state index in [0.29, 0.717) is 13.0 Å². The quantitative estimate of drug-likeness (QED) is 0.543. The monoisotopic (exact) mass is 160 g/mol. The SMILES string of the molecule is COC(OC)C1OCCC1=O. The van der Waals surface area contributed by atoms with Gasteiger partial charge in [0.05, 0.1) is 6.61 Å². The van der Waals surface area contributed by atoms with Crippen molar-refractivity contribution in [1.82, 2.24) is 0 Å². The first-order chi connectivity index (χ1) is 5.29. The molecule has 0 radical (unpaired) electrons. The number of carbonyl (C=O) groups is 1. The Labute approximate surface area is 65.4 Å². The molecule has 0 aromatic carbocycles. The fourth-order valence-corrected chi connectivity index (χ4v) is 1.10. The summed E-state index contributed by atoms with van der Waals surface area (Å²) in [6.45, 7) is 0.479. The van der Waals surface area contributed by atoms with Gasteiger partial charge in [0.2, 0.25) is 0 Å². The van der Waals surface area contributed by atoms with Crippen LogP contribution in [-0.2, 0) is 19.0 Å². The summed E-state index contributed by atoms with van der Waals surface area (Å²) in [7, 11) is 2.98. The minimum atomic E-state index is -0.551. The molecule has 1 aliphatic heterocycles. The van der Waals surface area contributed by atoms with Crippen LogP contribution < -0.4 is 0 Å². The third-order valence-corrected chi connectivity index (χ3v) is 1.68. The normalized spacial score (nSPS) is 25.0. The lowest BCUT2D eigenvalue weighted by Crippen LogP contribution is -2.34. The molecule has 11 heavy (non-hydrogen) atoms. The van der Waals surface area contributed by atoms with Crippen LogP contribution in [0.25, 0.3) is 0 Å². The number of carbonyl (C=O) groups excluding carboxylic acids is 1. The van der Waals surface area contributed by atoms with E-state index in [1.54, 1.807) is 0 Å². The highest BCUT2D eigenvalue weighted by atomic mass is 16.7. The van der Waals surface area contributed by atoms with Gasteiger partial charge in [-0.25, -0.2) is 0 Å². The summed E-state index contributed by atoms with van der Waals surface area (Å²) in [5, 5.41) is 0. The van der Waals surface area contributed by atoms with Crippen LogP contribution >= 0.6 is 0 Å². The van der Waals surface area contributed by atoms with Crippen molar-refractivity contribution in [3.8, 4) is 0 Å². The van der Waals surface area contributed by atoms with Crippen molar-refractivity contribution in [3.05, 3.63) is 0 Å². The summed E-state index contributed by atoms with van der Waals surface area (Å²) in [5.41, 5.74) is 0. The molecule has 1 rings (SSSR count). The van der Waals surface area contributed by atoms with E-state index in [1.165, 1.54) is 14.2 Å². The number of rotatable bonds is 3. The van der Waals surface area contributed by atoms with Crippen molar-refractivity contribution >= 4 is 5.78 Å². The lowest BCUT2D eigenvalue weighted by Gasteiger charge is -2.17. The third kappa shape index (κ3) is 1.77. The van der Waals surface area contributed by atoms with Gasteiger partial charge in [-0.2, -0.15) is 0 Å². The Morgan fingerprint density at radius 3 is 2.55 bits per heavy atom. The first-order valence-corrected chi connectivity index (χ1v) is 3.49. The molecule has 1 heterocycles. The van der Waals surface area contributed by atoms with E-state index in [-0.39, 0.29) is 5.78 Å². The molecular formula is C7H12O4. The Balaban J connectivity index is 2.49. The number of hydrogen-bond donors (Lipinski definition) is 0. The van der Waals surface area contributed by atoms with Crippen molar-refractivity contribution in [3.63, 3.8) is 0 Å². The van der Waals surface area contributed by atoms with Crippen LogP contribution in [0.5, 0.6) is 0 Å². The minimum absolute atomic E-state index is 0.0544. The summed E-state index contributed by atoms with van der Waals surface area (Å²) in [6.07, 6.45) is -0.608. The van der Waals surface area contributed by atoms with Gasteiger partial charge in [-0.05, 0) is 0 Å². The third-order valence-electron chi connectivity index (χ3n) is 1.68. The maximum absolute atomic E-state index is 11.0. The van der Waals surface area contributed by atoms with Gasteiger partial charge in [0.25, 0.3) is 0 Å². The van der Waals surface area contributed by atoms with Gasteiger partial charge in [0.15, 0.2) is 18.2 Å². The highest BCUT2D eigenvalue weighted by molar-refractivity contribution is 5.85. The molecular weight excluding hydrogens is 148 g/mol. The molecule has 1 fully saturated rings. The maximum atomic E-state index is 11.0. The summed E-state index contributed by atoms with van der Waals surface area (Å²) in [5.74, 6) is 0.0544. The molecule has 1 aliphatic rings. The second-order valence-corrected chi connectivity index (χ2v) is 2.35. The Morgan fingerprint density at radius 1 is 1.55 bits per heavy atom. The molecule has 4 nitrogen and oxygen atoms in total. The van der Waals surface area contributed by atoms with E-state index < -0.39 is 12.4 Å². The van der Waals surface area contributed by atoms with Gasteiger partial charge < -0.3 is 14.2 Å². The van der Waals surface area contributed by atoms with Gasteiger partial charge in [-0.15, -0.1) is 0 Å². The number of ketones is 1.